The van der Waals surface area contributed by atoms with Gasteiger partial charge < -0.3 is 15.2 Å². The highest BCUT2D eigenvalue weighted by Gasteiger charge is 2.11. The van der Waals surface area contributed by atoms with E-state index in [4.69, 9.17) is 20.5 Å². The van der Waals surface area contributed by atoms with E-state index in [2.05, 4.69) is 6.07 Å². The van der Waals surface area contributed by atoms with Gasteiger partial charge in [-0.25, -0.2) is 0 Å². The lowest BCUT2D eigenvalue weighted by Crippen LogP contribution is -2.09. The van der Waals surface area contributed by atoms with Crippen LogP contribution in [0.1, 0.15) is 23.6 Å². The second-order valence-electron chi connectivity index (χ2n) is 4.65. The van der Waals surface area contributed by atoms with E-state index < -0.39 is 0 Å². The minimum Gasteiger partial charge on any atom is -0.493 e. The number of nitriles is 1. The van der Waals surface area contributed by atoms with Gasteiger partial charge >= 0.3 is 0 Å². The fourth-order valence-electron chi connectivity index (χ4n) is 1.99. The van der Waals surface area contributed by atoms with Crippen LogP contribution in [0.5, 0.6) is 11.5 Å². The Labute approximate surface area is 124 Å². The van der Waals surface area contributed by atoms with Crippen LogP contribution in [-0.4, -0.2) is 7.11 Å². The number of nitrogens with zero attached hydrogens (tertiary/aromatic N) is 1. The molecule has 0 spiro atoms. The van der Waals surface area contributed by atoms with E-state index in [0.717, 1.165) is 11.1 Å². The highest BCUT2D eigenvalue weighted by atomic mass is 16.5. The molecule has 4 nitrogen and oxygen atoms in total. The number of rotatable bonds is 6. The molecule has 2 rings (SSSR count). The maximum Gasteiger partial charge on any atom is 0.161 e. The van der Waals surface area contributed by atoms with Crippen LogP contribution in [0.4, 0.5) is 0 Å². The summed E-state index contributed by atoms with van der Waals surface area (Å²) in [7, 11) is 1.60. The fourth-order valence-corrected chi connectivity index (χ4v) is 1.99. The minimum absolute atomic E-state index is 0.268. The van der Waals surface area contributed by atoms with Crippen molar-refractivity contribution in [2.75, 3.05) is 7.11 Å². The Bertz CT molecular complexity index is 620. The smallest absolute Gasteiger partial charge is 0.161 e. The largest absolute Gasteiger partial charge is 0.493 e. The molecular formula is C17H18N2O2. The van der Waals surface area contributed by atoms with Crippen LogP contribution in [0, 0.1) is 11.3 Å². The monoisotopic (exact) mass is 282 g/mol. The molecule has 0 unspecified atom stereocenters. The maximum absolute atomic E-state index is 8.73. The van der Waals surface area contributed by atoms with Gasteiger partial charge in [0.1, 0.15) is 6.61 Å². The molecule has 0 radical (unpaired) electrons. The van der Waals surface area contributed by atoms with E-state index in [0.29, 0.717) is 18.1 Å². The fraction of sp³-hybridized carbons (Fsp3) is 0.235. The van der Waals surface area contributed by atoms with E-state index in [1.165, 1.54) is 0 Å². The summed E-state index contributed by atoms with van der Waals surface area (Å²) >= 11 is 0. The summed E-state index contributed by atoms with van der Waals surface area (Å²) in [5.74, 6) is 1.28. The molecule has 2 aromatic rings. The molecule has 0 fully saturated rings. The Kier molecular flexibility index (Phi) is 5.19. The number of nitrogens with two attached hydrogens (primary N) is 1. The van der Waals surface area contributed by atoms with Crippen molar-refractivity contribution in [3.8, 4) is 17.6 Å². The highest BCUT2D eigenvalue weighted by Crippen LogP contribution is 2.31. The predicted octanol–water partition coefficient (Wildman–Crippen LogP) is 3.19. The molecule has 0 aliphatic heterocycles. The van der Waals surface area contributed by atoms with Gasteiger partial charge in [-0.2, -0.15) is 5.26 Å². The van der Waals surface area contributed by atoms with Crippen molar-refractivity contribution in [1.29, 1.82) is 5.26 Å². The van der Waals surface area contributed by atoms with Crippen LogP contribution in [0.25, 0.3) is 0 Å². The first-order valence-electron chi connectivity index (χ1n) is 6.71. The molecule has 21 heavy (non-hydrogen) atoms. The molecule has 0 saturated heterocycles. The van der Waals surface area contributed by atoms with Gasteiger partial charge in [-0.1, -0.05) is 36.4 Å². The standard InChI is InChI=1S/C17H18N2O2/c1-20-16-8-7-14(15(19)9-10-18)11-17(16)21-12-13-5-3-2-4-6-13/h2-8,11,15H,9,12,19H2,1H3/t15-/m1/s1. The van der Waals surface area contributed by atoms with E-state index >= 15 is 0 Å². The van der Waals surface area contributed by atoms with Crippen LogP contribution in [0.15, 0.2) is 48.5 Å². The summed E-state index contributed by atoms with van der Waals surface area (Å²) in [6.45, 7) is 0.453. The Morgan fingerprint density at radius 1 is 1.14 bits per heavy atom. The van der Waals surface area contributed by atoms with E-state index in [1.807, 2.05) is 48.5 Å². The summed E-state index contributed by atoms with van der Waals surface area (Å²) in [6.07, 6.45) is 0.268. The normalized spacial score (nSPS) is 11.5. The number of benzene rings is 2. The number of ether oxygens (including phenoxy) is 2. The zero-order chi connectivity index (χ0) is 15.1. The van der Waals surface area contributed by atoms with E-state index in [-0.39, 0.29) is 12.5 Å². The van der Waals surface area contributed by atoms with Crippen molar-refractivity contribution >= 4 is 0 Å². The molecule has 0 aromatic heterocycles. The molecule has 1 atom stereocenters. The average Bonchev–Trinajstić information content (AvgIpc) is 2.54. The van der Waals surface area contributed by atoms with Crippen LogP contribution in [0.2, 0.25) is 0 Å². The molecule has 108 valence electrons. The Morgan fingerprint density at radius 2 is 1.90 bits per heavy atom. The lowest BCUT2D eigenvalue weighted by molar-refractivity contribution is 0.284. The molecule has 0 aliphatic carbocycles. The van der Waals surface area contributed by atoms with Gasteiger partial charge in [-0.3, -0.25) is 0 Å². The van der Waals surface area contributed by atoms with Gasteiger partial charge in [0.2, 0.25) is 0 Å². The molecule has 2 N–H and O–H groups in total. The van der Waals surface area contributed by atoms with E-state index in [1.54, 1.807) is 7.11 Å². The summed E-state index contributed by atoms with van der Waals surface area (Å²) in [5, 5.41) is 8.73. The first kappa shape index (κ1) is 14.9. The third-order valence-corrected chi connectivity index (χ3v) is 3.16. The van der Waals surface area contributed by atoms with Crippen LogP contribution in [-0.2, 0) is 6.61 Å². The van der Waals surface area contributed by atoms with Gasteiger partial charge in [0.05, 0.1) is 19.6 Å². The second kappa shape index (κ2) is 7.32. The van der Waals surface area contributed by atoms with Gasteiger partial charge in [-0.05, 0) is 23.3 Å². The summed E-state index contributed by atoms with van der Waals surface area (Å²) < 4.78 is 11.1. The average molecular weight is 282 g/mol. The number of hydrogen-bond acceptors (Lipinski definition) is 4. The van der Waals surface area contributed by atoms with Crippen LogP contribution < -0.4 is 15.2 Å². The number of hydrogen-bond donors (Lipinski definition) is 1. The zero-order valence-electron chi connectivity index (χ0n) is 12.0. The van der Waals surface area contributed by atoms with Gasteiger partial charge in [0.15, 0.2) is 11.5 Å². The lowest BCUT2D eigenvalue weighted by atomic mass is 10.0. The summed E-state index contributed by atoms with van der Waals surface area (Å²) in [4.78, 5) is 0. The van der Waals surface area contributed by atoms with Crippen LogP contribution in [0.3, 0.4) is 0 Å². The Hall–Kier alpha value is -2.51. The molecule has 0 amide bonds. The SMILES string of the molecule is COc1ccc([C@H](N)CC#N)cc1OCc1ccccc1. The number of methoxy groups -OCH3 is 1. The van der Waals surface area contributed by atoms with Crippen LogP contribution >= 0.6 is 0 Å². The first-order valence-corrected chi connectivity index (χ1v) is 6.71. The highest BCUT2D eigenvalue weighted by molar-refractivity contribution is 5.44. The summed E-state index contributed by atoms with van der Waals surface area (Å²) in [5.41, 5.74) is 7.89. The van der Waals surface area contributed by atoms with Gasteiger partial charge in [0, 0.05) is 6.04 Å². The van der Waals surface area contributed by atoms with Crippen molar-refractivity contribution in [1.82, 2.24) is 0 Å². The van der Waals surface area contributed by atoms with Gasteiger partial charge in [0.25, 0.3) is 0 Å². The van der Waals surface area contributed by atoms with Crippen molar-refractivity contribution in [3.05, 3.63) is 59.7 Å². The molecule has 4 heteroatoms. The molecule has 0 saturated carbocycles. The molecule has 2 aromatic carbocycles. The molecular weight excluding hydrogens is 264 g/mol. The lowest BCUT2D eigenvalue weighted by Gasteiger charge is -2.14. The van der Waals surface area contributed by atoms with Crippen molar-refractivity contribution in [3.63, 3.8) is 0 Å². The molecule has 0 heterocycles. The van der Waals surface area contributed by atoms with Crippen molar-refractivity contribution in [2.45, 2.75) is 19.1 Å². The van der Waals surface area contributed by atoms with Crippen molar-refractivity contribution in [2.24, 2.45) is 5.73 Å². The second-order valence-corrected chi connectivity index (χ2v) is 4.65. The minimum atomic E-state index is -0.319. The van der Waals surface area contributed by atoms with E-state index in [9.17, 15) is 0 Å². The predicted molar refractivity (Wildman–Crippen MR) is 80.9 cm³/mol. The Morgan fingerprint density at radius 3 is 2.57 bits per heavy atom. The van der Waals surface area contributed by atoms with Crippen molar-refractivity contribution < 1.29 is 9.47 Å². The molecule has 0 aliphatic rings. The van der Waals surface area contributed by atoms with Gasteiger partial charge in [-0.15, -0.1) is 0 Å². The summed E-state index contributed by atoms with van der Waals surface area (Å²) in [6, 6.07) is 17.2. The first-order chi connectivity index (χ1) is 10.2. The quantitative estimate of drug-likeness (QED) is 0.883. The Balaban J connectivity index is 2.16. The maximum atomic E-state index is 8.73. The zero-order valence-corrected chi connectivity index (χ0v) is 12.0. The third kappa shape index (κ3) is 3.98. The topological polar surface area (TPSA) is 68.3 Å². The third-order valence-electron chi connectivity index (χ3n) is 3.16. The molecule has 0 bridgehead atoms.